The number of aliphatic imine (C=N–C) groups is 1. The smallest absolute Gasteiger partial charge is 0.407 e. The number of hydrogen-bond donors (Lipinski definition) is 4. The summed E-state index contributed by atoms with van der Waals surface area (Å²) in [4.78, 5) is 62.3. The van der Waals surface area contributed by atoms with Gasteiger partial charge in [0.15, 0.2) is 16.5 Å². The molecule has 5 N–H and O–H groups in total. The van der Waals surface area contributed by atoms with Crippen LogP contribution in [0.5, 0.6) is 5.75 Å². The van der Waals surface area contributed by atoms with Crippen LogP contribution in [0.4, 0.5) is 28.0 Å². The maximum absolute atomic E-state index is 14.0. The average Bonchev–Trinajstić information content (AvgIpc) is 3.81. The summed E-state index contributed by atoms with van der Waals surface area (Å²) in [5.41, 5.74) is 9.62. The number of carbonyl (C=O) groups excluding carboxylic acids is 4. The second-order valence-electron chi connectivity index (χ2n) is 18.0. The largest absolute Gasteiger partial charge is 0.442 e. The fraction of sp³-hybridized carbons (Fsp3) is 0.566. The molecule has 3 aromatic rings. The number of benzene rings is 2. The van der Waals surface area contributed by atoms with Crippen molar-refractivity contribution in [1.29, 1.82) is 0 Å². The number of carbonyl (C=O) groups is 4. The minimum atomic E-state index is -5.65. The fourth-order valence-electron chi connectivity index (χ4n) is 7.57. The van der Waals surface area contributed by atoms with Crippen LogP contribution >= 0.6 is 0 Å². The molecule has 1 fully saturated rings. The Morgan fingerprint density at radius 1 is 0.714 bits per heavy atom. The molecule has 1 saturated heterocycles. The van der Waals surface area contributed by atoms with Crippen LogP contribution in [0.15, 0.2) is 46.1 Å². The number of nitrogens with two attached hydrogens (primary N) is 1. The first-order valence-corrected chi connectivity index (χ1v) is 28.3. The number of rotatable bonds is 43. The molecule has 26 nitrogen and oxygen atoms in total. The summed E-state index contributed by atoms with van der Waals surface area (Å²) in [7, 11) is -5.65. The second-order valence-corrected chi connectivity index (χ2v) is 19.4. The number of amides is 3. The number of ether oxygens (including phenoxy) is 12. The molecule has 3 heterocycles. The van der Waals surface area contributed by atoms with Crippen LogP contribution in [0, 0.1) is 23.3 Å². The molecular formula is C53H71F4N7O19S. The van der Waals surface area contributed by atoms with Crippen molar-refractivity contribution in [3.8, 4) is 16.9 Å². The van der Waals surface area contributed by atoms with Gasteiger partial charge < -0.3 is 78.1 Å². The summed E-state index contributed by atoms with van der Waals surface area (Å²) in [5, 5.41) is 5.42. The highest BCUT2D eigenvalue weighted by atomic mass is 32.2. The second kappa shape index (κ2) is 37.8. The molecule has 2 aliphatic rings. The predicted molar refractivity (Wildman–Crippen MR) is 287 cm³/mol. The lowest BCUT2D eigenvalue weighted by Crippen LogP contribution is -2.40. The van der Waals surface area contributed by atoms with Gasteiger partial charge in [-0.2, -0.15) is 17.2 Å². The van der Waals surface area contributed by atoms with E-state index in [2.05, 4.69) is 30.3 Å². The molecule has 31 heteroatoms. The van der Waals surface area contributed by atoms with Crippen molar-refractivity contribution >= 4 is 51.6 Å². The first kappa shape index (κ1) is 68.4. The van der Waals surface area contributed by atoms with Crippen molar-refractivity contribution in [2.75, 3.05) is 152 Å². The average molecular weight is 1220 g/mol. The lowest BCUT2D eigenvalue weighted by Gasteiger charge is -2.25. The van der Waals surface area contributed by atoms with E-state index in [1.54, 1.807) is 23.4 Å². The Labute approximate surface area is 482 Å². The Kier molecular flexibility index (Phi) is 30.8. The number of nitrogens with zero attached hydrogens (tertiary/aromatic N) is 4. The van der Waals surface area contributed by atoms with Crippen molar-refractivity contribution in [2.24, 2.45) is 10.7 Å². The van der Waals surface area contributed by atoms with E-state index in [4.69, 9.17) is 62.4 Å². The van der Waals surface area contributed by atoms with Gasteiger partial charge in [-0.05, 0) is 24.1 Å². The molecule has 0 bridgehead atoms. The van der Waals surface area contributed by atoms with Crippen LogP contribution in [0.25, 0.3) is 17.2 Å². The highest BCUT2D eigenvalue weighted by molar-refractivity contribution is 7.85. The minimum absolute atomic E-state index is 0.0132. The molecule has 0 spiro atoms. The quantitative estimate of drug-likeness (QED) is 0.0158. The highest BCUT2D eigenvalue weighted by Crippen LogP contribution is 2.34. The molecule has 5 rings (SSSR count). The Hall–Kier alpha value is -6.36. The maximum atomic E-state index is 14.0. The van der Waals surface area contributed by atoms with Gasteiger partial charge in [-0.3, -0.25) is 18.9 Å². The van der Waals surface area contributed by atoms with E-state index in [9.17, 15) is 45.2 Å². The molecule has 0 saturated carbocycles. The van der Waals surface area contributed by atoms with Crippen molar-refractivity contribution in [3.63, 3.8) is 0 Å². The van der Waals surface area contributed by atoms with Gasteiger partial charge in [-0.25, -0.2) is 28.5 Å². The van der Waals surface area contributed by atoms with Gasteiger partial charge in [0, 0.05) is 48.5 Å². The number of hydrogen-bond acceptors (Lipinski definition) is 22. The lowest BCUT2D eigenvalue weighted by molar-refractivity contribution is -0.136. The van der Waals surface area contributed by atoms with E-state index in [1.807, 2.05) is 25.1 Å². The van der Waals surface area contributed by atoms with Gasteiger partial charge in [0.1, 0.15) is 17.8 Å². The van der Waals surface area contributed by atoms with E-state index in [1.165, 1.54) is 0 Å². The van der Waals surface area contributed by atoms with Gasteiger partial charge >= 0.3 is 22.2 Å². The van der Waals surface area contributed by atoms with Gasteiger partial charge in [-0.15, -0.1) is 0 Å². The number of nitrogens with one attached hydrogen (secondary N) is 2. The molecule has 0 aliphatic carbocycles. The van der Waals surface area contributed by atoms with E-state index >= 15 is 0 Å². The summed E-state index contributed by atoms with van der Waals surface area (Å²) in [6, 6.07) is 5.60. The van der Waals surface area contributed by atoms with Crippen LogP contribution in [0.3, 0.4) is 0 Å². The molecule has 2 aromatic carbocycles. The van der Waals surface area contributed by atoms with E-state index < -0.39 is 68.6 Å². The Morgan fingerprint density at radius 3 is 1.64 bits per heavy atom. The monoisotopic (exact) mass is 1220 g/mol. The van der Waals surface area contributed by atoms with Crippen LogP contribution in [0.1, 0.15) is 44.0 Å². The minimum Gasteiger partial charge on any atom is -0.442 e. The first-order valence-electron chi connectivity index (χ1n) is 26.9. The summed E-state index contributed by atoms with van der Waals surface area (Å²) >= 11 is 0. The van der Waals surface area contributed by atoms with Crippen LogP contribution in [-0.2, 0) is 83.2 Å². The molecule has 84 heavy (non-hydrogen) atoms. The molecule has 466 valence electrons. The fourth-order valence-corrected chi connectivity index (χ4v) is 8.20. The number of alkyl carbamates (subject to hydrolysis) is 1. The van der Waals surface area contributed by atoms with Gasteiger partial charge in [0.25, 0.3) is 0 Å². The van der Waals surface area contributed by atoms with Crippen LogP contribution in [0.2, 0.25) is 0 Å². The van der Waals surface area contributed by atoms with E-state index in [0.717, 1.165) is 23.1 Å². The Bertz CT molecular complexity index is 2720. The number of cyclic esters (lactones) is 1. The molecule has 1 unspecified atom stereocenters. The molecule has 1 aromatic heterocycles. The van der Waals surface area contributed by atoms with Gasteiger partial charge in [0.05, 0.1) is 164 Å². The number of aromatic nitrogens is 2. The van der Waals surface area contributed by atoms with Crippen molar-refractivity contribution < 1.29 is 107 Å². The van der Waals surface area contributed by atoms with Crippen LogP contribution in [-0.4, -0.2) is 215 Å². The zero-order chi connectivity index (χ0) is 60.5. The predicted octanol–water partition coefficient (Wildman–Crippen LogP) is 3.24. The zero-order valence-corrected chi connectivity index (χ0v) is 47.2. The molecule has 2 aliphatic heterocycles. The molecule has 0 radical (unpaired) electrons. The van der Waals surface area contributed by atoms with Crippen molar-refractivity contribution in [2.45, 2.75) is 50.2 Å². The maximum Gasteiger partial charge on any atom is 0.407 e. The van der Waals surface area contributed by atoms with Crippen LogP contribution < -0.4 is 21.1 Å². The lowest BCUT2D eigenvalue weighted by atomic mass is 10.0. The Balaban J connectivity index is 0.747. The molecule has 1 atom stereocenters. The highest BCUT2D eigenvalue weighted by Gasteiger charge is 2.34. The summed E-state index contributed by atoms with van der Waals surface area (Å²) in [5.74, 6) is -12.4. The summed E-state index contributed by atoms with van der Waals surface area (Å²) in [6.07, 6.45) is 4.66. The standard InChI is InChI=1S/C53H71F4N7O19S/c1-2-7-64(35-40-33-62-53(68)82-40)52(67)38-28-37-4-3-36(29-41(37)63-42(58)30-38)39-31-59-43(60-32-39)34-61-44(65)5-8-72-10-12-74-14-16-76-18-20-78-22-24-80-26-27-81-25-23-79-21-19-77-17-15-75-13-11-73-9-6-45(66)83-50-46(54)48(56)51(84(69,70)71)49(57)47(50)55/h3-4,28-29,31-32,40H,2,5-27,30,33-35H2,1H3,(H2,58,63)(H,61,65)(H,62,68)(H,69,70,71). The van der Waals surface area contributed by atoms with E-state index in [0.29, 0.717) is 129 Å². The third-order valence-electron chi connectivity index (χ3n) is 11.6. The zero-order valence-electron chi connectivity index (χ0n) is 46.4. The normalized spacial score (nSPS) is 14.1. The SMILES string of the molecule is CCCN(CC1CNC(=O)O1)C(=O)C1=Cc2ccc(-c3cnc(CNC(=O)CCOCCOCCOCCOCCOCCOCCOCCOCCOCCOCCC(=O)Oc4c(F)c(F)c(S(=O)(=O)O)c(F)c4F)nc3)cc2N=C(N)C1. The topological polar surface area (TPSA) is 325 Å². The number of esters is 1. The van der Waals surface area contributed by atoms with Gasteiger partial charge in [0.2, 0.25) is 29.2 Å². The first-order chi connectivity index (χ1) is 40.5. The summed E-state index contributed by atoms with van der Waals surface area (Å²) < 4.78 is 150. The molecule has 3 amide bonds. The number of fused-ring (bicyclic) bond motifs is 1. The third kappa shape index (κ3) is 24.7. The number of halogens is 4. The Morgan fingerprint density at radius 2 is 1.19 bits per heavy atom. The van der Waals surface area contributed by atoms with Crippen molar-refractivity contribution in [3.05, 3.63) is 70.8 Å². The molecular weight excluding hydrogens is 1150 g/mol. The van der Waals surface area contributed by atoms with Gasteiger partial charge in [-0.1, -0.05) is 19.1 Å². The van der Waals surface area contributed by atoms with E-state index in [-0.39, 0.29) is 77.4 Å². The third-order valence-corrected chi connectivity index (χ3v) is 12.5. The number of amidine groups is 1. The summed E-state index contributed by atoms with van der Waals surface area (Å²) in [6.45, 7) is 8.81. The van der Waals surface area contributed by atoms with Crippen molar-refractivity contribution in [1.82, 2.24) is 25.5 Å².